The summed E-state index contributed by atoms with van der Waals surface area (Å²) in [7, 11) is 1.63. The van der Waals surface area contributed by atoms with E-state index in [1.807, 2.05) is 42.5 Å². The number of aromatic nitrogens is 1. The lowest BCUT2D eigenvalue weighted by atomic mass is 10.1. The number of nitrogens with zero attached hydrogens (tertiary/aromatic N) is 1. The molecule has 0 saturated heterocycles. The highest BCUT2D eigenvalue weighted by atomic mass is 35.5. The standard InChI is InChI=1S/C15H12ClNO2/c1-18-12-5-6-14-13(8-12)17-15(19-14)11-4-2-3-10(7-11)9-16/h2-8H,9H2,1H3. The zero-order valence-electron chi connectivity index (χ0n) is 10.4. The fraction of sp³-hybridized carbons (Fsp3) is 0.133. The lowest BCUT2D eigenvalue weighted by Crippen LogP contribution is -1.82. The minimum atomic E-state index is 0.474. The van der Waals surface area contributed by atoms with E-state index >= 15 is 0 Å². The van der Waals surface area contributed by atoms with Gasteiger partial charge in [-0.15, -0.1) is 11.6 Å². The lowest BCUT2D eigenvalue weighted by Gasteiger charge is -1.97. The smallest absolute Gasteiger partial charge is 0.227 e. The molecule has 96 valence electrons. The Hall–Kier alpha value is -2.00. The van der Waals surface area contributed by atoms with Gasteiger partial charge in [-0.1, -0.05) is 12.1 Å². The third kappa shape index (κ3) is 2.29. The van der Waals surface area contributed by atoms with E-state index in [0.29, 0.717) is 11.8 Å². The van der Waals surface area contributed by atoms with Crippen molar-refractivity contribution in [1.29, 1.82) is 0 Å². The number of rotatable bonds is 3. The molecular formula is C15H12ClNO2. The third-order valence-corrected chi connectivity index (χ3v) is 3.23. The van der Waals surface area contributed by atoms with E-state index < -0.39 is 0 Å². The second-order valence-corrected chi connectivity index (χ2v) is 4.45. The molecule has 0 amide bonds. The Bertz CT molecular complexity index is 721. The maximum Gasteiger partial charge on any atom is 0.227 e. The Morgan fingerprint density at radius 1 is 1.21 bits per heavy atom. The van der Waals surface area contributed by atoms with E-state index in [-0.39, 0.29) is 0 Å². The van der Waals surface area contributed by atoms with Crippen molar-refractivity contribution in [2.24, 2.45) is 0 Å². The zero-order valence-corrected chi connectivity index (χ0v) is 11.1. The average molecular weight is 274 g/mol. The van der Waals surface area contributed by atoms with Crippen LogP contribution in [0, 0.1) is 0 Å². The van der Waals surface area contributed by atoms with Crippen molar-refractivity contribution < 1.29 is 9.15 Å². The van der Waals surface area contributed by atoms with Crippen LogP contribution in [0.3, 0.4) is 0 Å². The lowest BCUT2D eigenvalue weighted by molar-refractivity contribution is 0.415. The molecule has 3 rings (SSSR count). The second kappa shape index (κ2) is 4.94. The molecule has 4 heteroatoms. The van der Waals surface area contributed by atoms with Crippen LogP contribution in [0.15, 0.2) is 46.9 Å². The molecule has 0 atom stereocenters. The van der Waals surface area contributed by atoms with Gasteiger partial charge in [0.15, 0.2) is 5.58 Å². The first-order valence-corrected chi connectivity index (χ1v) is 6.43. The molecule has 3 aromatic rings. The van der Waals surface area contributed by atoms with Gasteiger partial charge in [-0.2, -0.15) is 0 Å². The Balaban J connectivity index is 2.09. The average Bonchev–Trinajstić information content (AvgIpc) is 2.90. The molecule has 19 heavy (non-hydrogen) atoms. The number of methoxy groups -OCH3 is 1. The summed E-state index contributed by atoms with van der Waals surface area (Å²) < 4.78 is 10.9. The van der Waals surface area contributed by atoms with Crippen LogP contribution in [0.2, 0.25) is 0 Å². The summed E-state index contributed by atoms with van der Waals surface area (Å²) in [5, 5.41) is 0. The molecule has 0 saturated carbocycles. The molecule has 3 nitrogen and oxygen atoms in total. The van der Waals surface area contributed by atoms with E-state index in [9.17, 15) is 0 Å². The first-order chi connectivity index (χ1) is 9.30. The number of alkyl halides is 1. The van der Waals surface area contributed by atoms with Crippen molar-refractivity contribution >= 4 is 22.7 Å². The molecule has 0 aliphatic carbocycles. The van der Waals surface area contributed by atoms with Gasteiger partial charge >= 0.3 is 0 Å². The van der Waals surface area contributed by atoms with Crippen LogP contribution in [-0.2, 0) is 5.88 Å². The molecule has 0 aliphatic heterocycles. The molecule has 0 fully saturated rings. The van der Waals surface area contributed by atoms with Crippen molar-refractivity contribution in [3.8, 4) is 17.2 Å². The summed E-state index contributed by atoms with van der Waals surface area (Å²) in [6.07, 6.45) is 0. The van der Waals surface area contributed by atoms with Gasteiger partial charge in [0.1, 0.15) is 11.3 Å². The summed E-state index contributed by atoms with van der Waals surface area (Å²) in [5.41, 5.74) is 3.49. The highest BCUT2D eigenvalue weighted by molar-refractivity contribution is 6.17. The van der Waals surface area contributed by atoms with Gasteiger partial charge in [-0.25, -0.2) is 4.98 Å². The van der Waals surface area contributed by atoms with Crippen molar-refractivity contribution in [3.05, 3.63) is 48.0 Å². The van der Waals surface area contributed by atoms with Crippen LogP contribution in [0.5, 0.6) is 5.75 Å². The van der Waals surface area contributed by atoms with Crippen molar-refractivity contribution in [3.63, 3.8) is 0 Å². The number of halogens is 1. The monoisotopic (exact) mass is 273 g/mol. The summed E-state index contributed by atoms with van der Waals surface area (Å²) in [6, 6.07) is 13.4. The minimum Gasteiger partial charge on any atom is -0.497 e. The van der Waals surface area contributed by atoms with Crippen LogP contribution in [0.4, 0.5) is 0 Å². The predicted octanol–water partition coefficient (Wildman–Crippen LogP) is 4.24. The van der Waals surface area contributed by atoms with Crippen LogP contribution in [0.1, 0.15) is 5.56 Å². The molecule has 0 radical (unpaired) electrons. The van der Waals surface area contributed by atoms with Crippen molar-refractivity contribution in [2.75, 3.05) is 7.11 Å². The largest absolute Gasteiger partial charge is 0.497 e. The van der Waals surface area contributed by atoms with Crippen LogP contribution in [-0.4, -0.2) is 12.1 Å². The fourth-order valence-electron chi connectivity index (χ4n) is 1.95. The predicted molar refractivity (Wildman–Crippen MR) is 75.6 cm³/mol. The number of ether oxygens (including phenoxy) is 1. The zero-order chi connectivity index (χ0) is 13.2. The van der Waals surface area contributed by atoms with E-state index in [4.69, 9.17) is 20.8 Å². The van der Waals surface area contributed by atoms with Crippen molar-refractivity contribution in [2.45, 2.75) is 5.88 Å². The molecule has 0 bridgehead atoms. The van der Waals surface area contributed by atoms with Gasteiger partial charge in [0.25, 0.3) is 0 Å². The van der Waals surface area contributed by atoms with Crippen LogP contribution >= 0.6 is 11.6 Å². The minimum absolute atomic E-state index is 0.474. The molecule has 0 aliphatic rings. The molecule has 0 unspecified atom stereocenters. The Morgan fingerprint density at radius 3 is 2.89 bits per heavy atom. The SMILES string of the molecule is COc1ccc2oc(-c3cccc(CCl)c3)nc2c1. The van der Waals surface area contributed by atoms with E-state index in [2.05, 4.69) is 4.98 Å². The number of oxazole rings is 1. The summed E-state index contributed by atoms with van der Waals surface area (Å²) in [5.74, 6) is 1.83. The highest BCUT2D eigenvalue weighted by Crippen LogP contribution is 2.27. The van der Waals surface area contributed by atoms with Gasteiger partial charge in [-0.3, -0.25) is 0 Å². The van der Waals surface area contributed by atoms with Gasteiger partial charge in [0.2, 0.25) is 5.89 Å². The van der Waals surface area contributed by atoms with Gasteiger partial charge in [0.05, 0.1) is 7.11 Å². The van der Waals surface area contributed by atoms with Gasteiger partial charge < -0.3 is 9.15 Å². The van der Waals surface area contributed by atoms with E-state index in [1.165, 1.54) is 0 Å². The fourth-order valence-corrected chi connectivity index (χ4v) is 2.11. The molecule has 0 spiro atoms. The third-order valence-electron chi connectivity index (χ3n) is 2.92. The Morgan fingerprint density at radius 2 is 2.11 bits per heavy atom. The van der Waals surface area contributed by atoms with Gasteiger partial charge in [-0.05, 0) is 29.8 Å². The Kier molecular flexibility index (Phi) is 3.13. The van der Waals surface area contributed by atoms with Crippen LogP contribution < -0.4 is 4.74 Å². The molecular weight excluding hydrogens is 262 g/mol. The topological polar surface area (TPSA) is 35.3 Å². The van der Waals surface area contributed by atoms with Crippen molar-refractivity contribution in [1.82, 2.24) is 4.98 Å². The summed E-state index contributed by atoms with van der Waals surface area (Å²) in [4.78, 5) is 4.48. The first kappa shape index (κ1) is 12.1. The number of benzene rings is 2. The van der Waals surface area contributed by atoms with Gasteiger partial charge in [0, 0.05) is 17.5 Å². The number of fused-ring (bicyclic) bond motifs is 1. The van der Waals surface area contributed by atoms with E-state index in [1.54, 1.807) is 7.11 Å². The van der Waals surface area contributed by atoms with E-state index in [0.717, 1.165) is 28.0 Å². The highest BCUT2D eigenvalue weighted by Gasteiger charge is 2.09. The summed E-state index contributed by atoms with van der Waals surface area (Å²) in [6.45, 7) is 0. The number of hydrogen-bond donors (Lipinski definition) is 0. The number of hydrogen-bond acceptors (Lipinski definition) is 3. The first-order valence-electron chi connectivity index (χ1n) is 5.90. The second-order valence-electron chi connectivity index (χ2n) is 4.19. The maximum atomic E-state index is 5.84. The maximum absolute atomic E-state index is 5.84. The molecule has 1 aromatic heterocycles. The quantitative estimate of drug-likeness (QED) is 0.670. The normalized spacial score (nSPS) is 10.8. The molecule has 1 heterocycles. The molecule has 0 N–H and O–H groups in total. The molecule has 2 aromatic carbocycles. The van der Waals surface area contributed by atoms with Crippen LogP contribution in [0.25, 0.3) is 22.6 Å². The summed E-state index contributed by atoms with van der Waals surface area (Å²) >= 11 is 5.84. The Labute approximate surface area is 115 Å².